The topological polar surface area (TPSA) is 80.9 Å². The van der Waals surface area contributed by atoms with Gasteiger partial charge in [0.25, 0.3) is 5.91 Å². The van der Waals surface area contributed by atoms with Crippen LogP contribution < -0.4 is 5.32 Å². The van der Waals surface area contributed by atoms with Gasteiger partial charge in [-0.3, -0.25) is 9.78 Å². The predicted molar refractivity (Wildman–Crippen MR) is 100 cm³/mol. The highest BCUT2D eigenvalue weighted by Gasteiger charge is 2.20. The molecule has 1 N–H and O–H groups in total. The van der Waals surface area contributed by atoms with Gasteiger partial charge in [-0.15, -0.1) is 0 Å². The predicted octanol–water partition coefficient (Wildman–Crippen LogP) is 4.27. The number of carbonyl (C=O) groups excluding carboxylic acids is 1. The van der Waals surface area contributed by atoms with Crippen molar-refractivity contribution in [3.63, 3.8) is 0 Å². The van der Waals surface area contributed by atoms with Crippen LogP contribution >= 0.6 is 11.6 Å². The van der Waals surface area contributed by atoms with Crippen LogP contribution in [-0.2, 0) is 6.42 Å². The maximum Gasteiger partial charge on any atom is 0.252 e. The van der Waals surface area contributed by atoms with E-state index in [0.29, 0.717) is 33.7 Å². The number of aromatic nitrogens is 3. The van der Waals surface area contributed by atoms with Gasteiger partial charge < -0.3 is 9.84 Å². The second kappa shape index (κ2) is 7.41. The molecule has 1 atom stereocenters. The molecule has 7 heteroatoms. The number of amides is 1. The van der Waals surface area contributed by atoms with Gasteiger partial charge in [0.2, 0.25) is 5.89 Å². The number of benzene rings is 1. The Morgan fingerprint density at radius 3 is 2.73 bits per heavy atom. The van der Waals surface area contributed by atoms with Gasteiger partial charge in [0, 0.05) is 22.5 Å². The summed E-state index contributed by atoms with van der Waals surface area (Å²) in [5, 5.41) is 8.21. The molecule has 0 aliphatic heterocycles. The Morgan fingerprint density at radius 2 is 2.00 bits per heavy atom. The van der Waals surface area contributed by atoms with Crippen LogP contribution in [0.2, 0.25) is 5.02 Å². The average molecular weight is 373 g/mol. The molecule has 26 heavy (non-hydrogen) atoms. The zero-order valence-electron chi connectivity index (χ0n) is 15.2. The first-order valence-electron chi connectivity index (χ1n) is 8.53. The standard InChI is InChI=1S/C19H21ClN4O2/c1-10(2)7-17-23-19(26-24-17)12(4)22-18(25)15-8-11(3)21-16-9-13(20)5-6-14(15)16/h5-6,8-10,12H,7H2,1-4H3,(H,22,25). The van der Waals surface area contributed by atoms with Gasteiger partial charge in [-0.05, 0) is 38.0 Å². The molecule has 2 heterocycles. The van der Waals surface area contributed by atoms with Crippen molar-refractivity contribution in [1.82, 2.24) is 20.4 Å². The van der Waals surface area contributed by atoms with Crippen LogP contribution in [-0.4, -0.2) is 21.0 Å². The molecule has 3 rings (SSSR count). The summed E-state index contributed by atoms with van der Waals surface area (Å²) < 4.78 is 5.29. The first-order valence-corrected chi connectivity index (χ1v) is 8.91. The molecule has 0 saturated heterocycles. The summed E-state index contributed by atoms with van der Waals surface area (Å²) in [6, 6.07) is 6.66. The fraction of sp³-hybridized carbons (Fsp3) is 0.368. The second-order valence-corrected chi connectivity index (χ2v) is 7.25. The fourth-order valence-corrected chi connectivity index (χ4v) is 2.92. The van der Waals surface area contributed by atoms with Crippen LogP contribution in [0.15, 0.2) is 28.8 Å². The van der Waals surface area contributed by atoms with E-state index < -0.39 is 6.04 Å². The molecule has 0 bridgehead atoms. The van der Waals surface area contributed by atoms with Crippen LogP contribution in [0.1, 0.15) is 54.6 Å². The number of hydrogen-bond acceptors (Lipinski definition) is 5. The van der Waals surface area contributed by atoms with Gasteiger partial charge >= 0.3 is 0 Å². The van der Waals surface area contributed by atoms with Crippen molar-refractivity contribution in [2.45, 2.75) is 40.2 Å². The molecule has 0 fully saturated rings. The number of carbonyl (C=O) groups is 1. The van der Waals surface area contributed by atoms with Crippen molar-refractivity contribution >= 4 is 28.4 Å². The number of halogens is 1. The normalized spacial score (nSPS) is 12.5. The summed E-state index contributed by atoms with van der Waals surface area (Å²) in [4.78, 5) is 21.6. The van der Waals surface area contributed by atoms with Gasteiger partial charge in [0.15, 0.2) is 5.82 Å². The van der Waals surface area contributed by atoms with Crippen LogP contribution in [0.3, 0.4) is 0 Å². The number of pyridine rings is 1. The minimum atomic E-state index is -0.397. The van der Waals surface area contributed by atoms with E-state index in [1.165, 1.54) is 0 Å². The average Bonchev–Trinajstić information content (AvgIpc) is 3.01. The van der Waals surface area contributed by atoms with Crippen LogP contribution in [0.4, 0.5) is 0 Å². The Kier molecular flexibility index (Phi) is 5.23. The smallest absolute Gasteiger partial charge is 0.252 e. The summed E-state index contributed by atoms with van der Waals surface area (Å²) in [5.41, 5.74) is 1.97. The lowest BCUT2D eigenvalue weighted by Gasteiger charge is -2.12. The molecule has 0 radical (unpaired) electrons. The number of nitrogens with zero attached hydrogens (tertiary/aromatic N) is 3. The Hall–Kier alpha value is -2.47. The lowest BCUT2D eigenvalue weighted by Crippen LogP contribution is -2.27. The SMILES string of the molecule is Cc1cc(C(=O)NC(C)c2nc(CC(C)C)no2)c2ccc(Cl)cc2n1. The van der Waals surface area contributed by atoms with E-state index in [4.69, 9.17) is 16.1 Å². The molecule has 1 aromatic carbocycles. The molecule has 136 valence electrons. The Bertz CT molecular complexity index is 947. The van der Waals surface area contributed by atoms with Crippen LogP contribution in [0.5, 0.6) is 0 Å². The lowest BCUT2D eigenvalue weighted by molar-refractivity contribution is 0.0934. The summed E-state index contributed by atoms with van der Waals surface area (Å²) in [6.07, 6.45) is 0.735. The molecule has 0 saturated carbocycles. The first kappa shape index (κ1) is 18.3. The third-order valence-electron chi connectivity index (χ3n) is 3.94. The zero-order valence-corrected chi connectivity index (χ0v) is 16.0. The van der Waals surface area contributed by atoms with Crippen molar-refractivity contribution in [2.75, 3.05) is 0 Å². The summed E-state index contributed by atoms with van der Waals surface area (Å²) in [5.74, 6) is 1.25. The number of fused-ring (bicyclic) bond motifs is 1. The number of hydrogen-bond donors (Lipinski definition) is 1. The van der Waals surface area contributed by atoms with Crippen molar-refractivity contribution in [3.8, 4) is 0 Å². The highest BCUT2D eigenvalue weighted by atomic mass is 35.5. The van der Waals surface area contributed by atoms with E-state index in [0.717, 1.165) is 17.5 Å². The molecule has 0 aliphatic carbocycles. The molecule has 1 unspecified atom stereocenters. The third-order valence-corrected chi connectivity index (χ3v) is 4.17. The zero-order chi connectivity index (χ0) is 18.8. The maximum absolute atomic E-state index is 12.8. The van der Waals surface area contributed by atoms with Crippen molar-refractivity contribution < 1.29 is 9.32 Å². The molecular weight excluding hydrogens is 352 g/mol. The molecule has 3 aromatic rings. The maximum atomic E-state index is 12.8. The molecule has 0 aliphatic rings. The fourth-order valence-electron chi connectivity index (χ4n) is 2.75. The van der Waals surface area contributed by atoms with Crippen LogP contribution in [0.25, 0.3) is 10.9 Å². The van der Waals surface area contributed by atoms with Crippen molar-refractivity contribution in [2.24, 2.45) is 5.92 Å². The number of nitrogens with one attached hydrogen (secondary N) is 1. The number of rotatable bonds is 5. The highest BCUT2D eigenvalue weighted by Crippen LogP contribution is 2.23. The summed E-state index contributed by atoms with van der Waals surface area (Å²) in [6.45, 7) is 7.84. The van der Waals surface area contributed by atoms with E-state index in [1.54, 1.807) is 24.3 Å². The van der Waals surface area contributed by atoms with Gasteiger partial charge in [-0.25, -0.2) is 0 Å². The molecule has 0 spiro atoms. The minimum absolute atomic E-state index is 0.223. The molecule has 1 amide bonds. The first-order chi connectivity index (χ1) is 12.3. The van der Waals surface area contributed by atoms with Crippen LogP contribution in [0, 0.1) is 12.8 Å². The monoisotopic (exact) mass is 372 g/mol. The molecule has 2 aromatic heterocycles. The molecular formula is C19H21ClN4O2. The summed E-state index contributed by atoms with van der Waals surface area (Å²) in [7, 11) is 0. The second-order valence-electron chi connectivity index (χ2n) is 6.81. The van der Waals surface area contributed by atoms with E-state index in [2.05, 4.69) is 34.3 Å². The van der Waals surface area contributed by atoms with E-state index >= 15 is 0 Å². The Labute approximate surface area is 157 Å². The Balaban J connectivity index is 1.83. The van der Waals surface area contributed by atoms with E-state index in [-0.39, 0.29) is 5.91 Å². The van der Waals surface area contributed by atoms with Gasteiger partial charge in [-0.1, -0.05) is 36.7 Å². The van der Waals surface area contributed by atoms with E-state index in [9.17, 15) is 4.79 Å². The van der Waals surface area contributed by atoms with Gasteiger partial charge in [0.1, 0.15) is 6.04 Å². The van der Waals surface area contributed by atoms with Crippen molar-refractivity contribution in [1.29, 1.82) is 0 Å². The quantitative estimate of drug-likeness (QED) is 0.723. The van der Waals surface area contributed by atoms with Gasteiger partial charge in [-0.2, -0.15) is 4.98 Å². The molecule has 6 nitrogen and oxygen atoms in total. The third kappa shape index (κ3) is 4.02. The van der Waals surface area contributed by atoms with Gasteiger partial charge in [0.05, 0.1) is 11.1 Å². The van der Waals surface area contributed by atoms with E-state index in [1.807, 2.05) is 13.8 Å². The highest BCUT2D eigenvalue weighted by molar-refractivity contribution is 6.31. The van der Waals surface area contributed by atoms with Crippen molar-refractivity contribution in [3.05, 3.63) is 52.3 Å². The largest absolute Gasteiger partial charge is 0.340 e. The summed E-state index contributed by atoms with van der Waals surface area (Å²) >= 11 is 6.04. The lowest BCUT2D eigenvalue weighted by atomic mass is 10.1. The number of aryl methyl sites for hydroxylation is 1. The Morgan fingerprint density at radius 1 is 1.23 bits per heavy atom. The minimum Gasteiger partial charge on any atom is -0.340 e.